The van der Waals surface area contributed by atoms with E-state index in [4.69, 9.17) is 26.2 Å². The minimum Gasteiger partial charge on any atom is -0.491 e. The van der Waals surface area contributed by atoms with Gasteiger partial charge < -0.3 is 19.5 Å². The van der Waals surface area contributed by atoms with Gasteiger partial charge in [0.1, 0.15) is 18.1 Å². The highest BCUT2D eigenvalue weighted by Gasteiger charge is 2.23. The Morgan fingerprint density at radius 3 is 2.72 bits per heavy atom. The molecule has 0 spiro atoms. The van der Waals surface area contributed by atoms with Crippen molar-refractivity contribution in [1.82, 2.24) is 4.90 Å². The summed E-state index contributed by atoms with van der Waals surface area (Å²) in [6.45, 7) is 0.884. The SMILES string of the molecule is O=C(O)COc1ccc(CN2CCOc3ccc(Cl)cc3C2=O)cc1. The highest BCUT2D eigenvalue weighted by Crippen LogP contribution is 2.27. The van der Waals surface area contributed by atoms with Crippen molar-refractivity contribution in [3.63, 3.8) is 0 Å². The zero-order chi connectivity index (χ0) is 17.8. The number of carboxylic acid groups (broad SMARTS) is 1. The lowest BCUT2D eigenvalue weighted by Crippen LogP contribution is -2.31. The van der Waals surface area contributed by atoms with Gasteiger partial charge in [-0.1, -0.05) is 23.7 Å². The highest BCUT2D eigenvalue weighted by atomic mass is 35.5. The van der Waals surface area contributed by atoms with Gasteiger partial charge in [-0.3, -0.25) is 4.79 Å². The Kier molecular flexibility index (Phi) is 5.09. The van der Waals surface area contributed by atoms with Crippen LogP contribution in [0.15, 0.2) is 42.5 Å². The molecule has 1 N–H and O–H groups in total. The van der Waals surface area contributed by atoms with E-state index >= 15 is 0 Å². The Balaban J connectivity index is 1.72. The maximum absolute atomic E-state index is 12.7. The molecule has 0 saturated heterocycles. The van der Waals surface area contributed by atoms with E-state index in [1.807, 2.05) is 0 Å². The molecule has 0 unspecified atom stereocenters. The third-order valence-electron chi connectivity index (χ3n) is 3.74. The summed E-state index contributed by atoms with van der Waals surface area (Å²) in [6, 6.07) is 12.0. The standard InChI is InChI=1S/C18H16ClNO5/c19-13-3-6-16-15(9-13)18(23)20(7-8-24-16)10-12-1-4-14(5-2-12)25-11-17(21)22/h1-6,9H,7-8,10-11H2,(H,21,22). The van der Waals surface area contributed by atoms with Gasteiger partial charge >= 0.3 is 5.97 Å². The molecular formula is C18H16ClNO5. The second-order valence-corrected chi connectivity index (χ2v) is 5.98. The maximum atomic E-state index is 12.7. The van der Waals surface area contributed by atoms with Crippen LogP contribution in [0.4, 0.5) is 0 Å². The summed E-state index contributed by atoms with van der Waals surface area (Å²) in [5.41, 5.74) is 1.35. The number of carbonyl (C=O) groups excluding carboxylic acids is 1. The number of aliphatic carboxylic acids is 1. The molecule has 6 nitrogen and oxygen atoms in total. The topological polar surface area (TPSA) is 76.1 Å². The molecular weight excluding hydrogens is 346 g/mol. The molecule has 1 heterocycles. The molecule has 2 aromatic carbocycles. The van der Waals surface area contributed by atoms with Crippen LogP contribution in [0.25, 0.3) is 0 Å². The molecule has 1 aliphatic rings. The molecule has 2 aromatic rings. The third-order valence-corrected chi connectivity index (χ3v) is 3.97. The summed E-state index contributed by atoms with van der Waals surface area (Å²) in [4.78, 5) is 24.9. The summed E-state index contributed by atoms with van der Waals surface area (Å²) in [5.74, 6) is -0.166. The Labute approximate surface area is 149 Å². The Morgan fingerprint density at radius 2 is 2.00 bits per heavy atom. The van der Waals surface area contributed by atoms with E-state index in [2.05, 4.69) is 0 Å². The number of rotatable bonds is 5. The first-order valence-electron chi connectivity index (χ1n) is 7.68. The monoisotopic (exact) mass is 361 g/mol. The number of amides is 1. The van der Waals surface area contributed by atoms with E-state index in [0.717, 1.165) is 5.56 Å². The van der Waals surface area contributed by atoms with E-state index in [-0.39, 0.29) is 5.91 Å². The van der Waals surface area contributed by atoms with Crippen LogP contribution in [0, 0.1) is 0 Å². The van der Waals surface area contributed by atoms with Crippen molar-refractivity contribution in [2.24, 2.45) is 0 Å². The van der Waals surface area contributed by atoms with E-state index in [1.165, 1.54) is 0 Å². The van der Waals surface area contributed by atoms with Gasteiger partial charge in [0.2, 0.25) is 0 Å². The molecule has 1 amide bonds. The number of ether oxygens (including phenoxy) is 2. The van der Waals surface area contributed by atoms with Crippen molar-refractivity contribution < 1.29 is 24.2 Å². The second kappa shape index (κ2) is 7.44. The molecule has 130 valence electrons. The van der Waals surface area contributed by atoms with Crippen LogP contribution in [0.5, 0.6) is 11.5 Å². The van der Waals surface area contributed by atoms with Crippen LogP contribution in [0.2, 0.25) is 5.02 Å². The van der Waals surface area contributed by atoms with E-state index in [9.17, 15) is 9.59 Å². The molecule has 0 aliphatic carbocycles. The van der Waals surface area contributed by atoms with Crippen molar-refractivity contribution >= 4 is 23.5 Å². The number of nitrogens with zero attached hydrogens (tertiary/aromatic N) is 1. The fraction of sp³-hybridized carbons (Fsp3) is 0.222. The number of benzene rings is 2. The third kappa shape index (κ3) is 4.22. The van der Waals surface area contributed by atoms with Crippen LogP contribution >= 0.6 is 11.6 Å². The molecule has 1 aliphatic heterocycles. The molecule has 3 rings (SSSR count). The predicted molar refractivity (Wildman–Crippen MR) is 91.3 cm³/mol. The molecule has 0 radical (unpaired) electrons. The Bertz CT molecular complexity index is 791. The average Bonchev–Trinajstić information content (AvgIpc) is 2.74. The van der Waals surface area contributed by atoms with Crippen LogP contribution in [-0.4, -0.2) is 41.6 Å². The fourth-order valence-electron chi connectivity index (χ4n) is 2.54. The van der Waals surface area contributed by atoms with Gasteiger partial charge in [-0.25, -0.2) is 4.79 Å². The lowest BCUT2D eigenvalue weighted by molar-refractivity contribution is -0.139. The van der Waals surface area contributed by atoms with Gasteiger partial charge in [0.15, 0.2) is 6.61 Å². The molecule has 25 heavy (non-hydrogen) atoms. The van der Waals surface area contributed by atoms with E-state index in [0.29, 0.717) is 41.8 Å². The predicted octanol–water partition coefficient (Wildman–Crippen LogP) is 2.84. The largest absolute Gasteiger partial charge is 0.491 e. The number of hydrogen-bond donors (Lipinski definition) is 1. The molecule has 0 saturated carbocycles. The molecule has 0 fully saturated rings. The number of halogens is 1. The minimum atomic E-state index is -1.03. The van der Waals surface area contributed by atoms with Crippen molar-refractivity contribution in [2.75, 3.05) is 19.8 Å². The second-order valence-electron chi connectivity index (χ2n) is 5.54. The van der Waals surface area contributed by atoms with Crippen molar-refractivity contribution in [3.8, 4) is 11.5 Å². The van der Waals surface area contributed by atoms with Gasteiger partial charge in [0.05, 0.1) is 12.1 Å². The quantitative estimate of drug-likeness (QED) is 0.886. The molecule has 0 atom stereocenters. The summed E-state index contributed by atoms with van der Waals surface area (Å²) < 4.78 is 10.7. The van der Waals surface area contributed by atoms with Gasteiger partial charge in [0, 0.05) is 11.6 Å². The zero-order valence-corrected chi connectivity index (χ0v) is 14.0. The highest BCUT2D eigenvalue weighted by molar-refractivity contribution is 6.31. The van der Waals surface area contributed by atoms with Crippen LogP contribution < -0.4 is 9.47 Å². The van der Waals surface area contributed by atoms with Crippen LogP contribution in [-0.2, 0) is 11.3 Å². The fourth-order valence-corrected chi connectivity index (χ4v) is 2.71. The molecule has 7 heteroatoms. The number of carboxylic acids is 1. The Hall–Kier alpha value is -2.73. The first-order chi connectivity index (χ1) is 12.0. The van der Waals surface area contributed by atoms with Crippen molar-refractivity contribution in [1.29, 1.82) is 0 Å². The minimum absolute atomic E-state index is 0.138. The van der Waals surface area contributed by atoms with Gasteiger partial charge in [-0.05, 0) is 35.9 Å². The summed E-state index contributed by atoms with van der Waals surface area (Å²) >= 11 is 5.99. The van der Waals surface area contributed by atoms with Crippen LogP contribution in [0.1, 0.15) is 15.9 Å². The Morgan fingerprint density at radius 1 is 1.24 bits per heavy atom. The number of hydrogen-bond acceptors (Lipinski definition) is 4. The normalized spacial score (nSPS) is 13.6. The summed E-state index contributed by atoms with van der Waals surface area (Å²) in [6.07, 6.45) is 0. The van der Waals surface area contributed by atoms with Gasteiger partial charge in [0.25, 0.3) is 5.91 Å². The first kappa shape index (κ1) is 17.1. The number of carbonyl (C=O) groups is 2. The number of fused-ring (bicyclic) bond motifs is 1. The first-order valence-corrected chi connectivity index (χ1v) is 8.06. The van der Waals surface area contributed by atoms with Crippen LogP contribution in [0.3, 0.4) is 0 Å². The van der Waals surface area contributed by atoms with Crippen molar-refractivity contribution in [2.45, 2.75) is 6.54 Å². The summed E-state index contributed by atoms with van der Waals surface area (Å²) in [5, 5.41) is 9.09. The molecule has 0 aromatic heterocycles. The van der Waals surface area contributed by atoms with E-state index in [1.54, 1.807) is 47.4 Å². The molecule has 0 bridgehead atoms. The maximum Gasteiger partial charge on any atom is 0.341 e. The zero-order valence-electron chi connectivity index (χ0n) is 13.3. The average molecular weight is 362 g/mol. The smallest absolute Gasteiger partial charge is 0.341 e. The lowest BCUT2D eigenvalue weighted by Gasteiger charge is -2.20. The van der Waals surface area contributed by atoms with Gasteiger partial charge in [-0.2, -0.15) is 0 Å². The lowest BCUT2D eigenvalue weighted by atomic mass is 10.1. The van der Waals surface area contributed by atoms with E-state index < -0.39 is 12.6 Å². The summed E-state index contributed by atoms with van der Waals surface area (Å²) in [7, 11) is 0. The van der Waals surface area contributed by atoms with Gasteiger partial charge in [-0.15, -0.1) is 0 Å². The van der Waals surface area contributed by atoms with Crippen molar-refractivity contribution in [3.05, 3.63) is 58.6 Å².